The molecule has 0 aromatic heterocycles. The lowest BCUT2D eigenvalue weighted by molar-refractivity contribution is -0.137. The number of fused-ring (bicyclic) bond motifs is 4. The first-order valence-corrected chi connectivity index (χ1v) is 13.7. The van der Waals surface area contributed by atoms with Gasteiger partial charge in [-0.05, 0) is 66.9 Å². The fourth-order valence-electron chi connectivity index (χ4n) is 6.69. The van der Waals surface area contributed by atoms with Gasteiger partial charge in [0.25, 0.3) is 0 Å². The van der Waals surface area contributed by atoms with E-state index in [4.69, 9.17) is 9.39 Å². The lowest BCUT2D eigenvalue weighted by atomic mass is 9.58. The minimum atomic E-state index is -1.06. The molecule has 39 heavy (non-hydrogen) atoms. The predicted molar refractivity (Wildman–Crippen MR) is 147 cm³/mol. The Labute approximate surface area is 228 Å². The van der Waals surface area contributed by atoms with Crippen LogP contribution in [-0.2, 0) is 19.0 Å². The van der Waals surface area contributed by atoms with Gasteiger partial charge in [0, 0.05) is 5.39 Å². The van der Waals surface area contributed by atoms with Crippen LogP contribution in [0.25, 0.3) is 16.8 Å². The molecule has 9 heteroatoms. The van der Waals surface area contributed by atoms with Gasteiger partial charge in [-0.1, -0.05) is 61.4 Å². The van der Waals surface area contributed by atoms with E-state index in [1.165, 1.54) is 5.57 Å². The highest BCUT2D eigenvalue weighted by molar-refractivity contribution is 6.43. The van der Waals surface area contributed by atoms with Crippen molar-refractivity contribution in [3.05, 3.63) is 58.7 Å². The topological polar surface area (TPSA) is 113 Å². The monoisotopic (exact) mass is 531 g/mol. The van der Waals surface area contributed by atoms with Gasteiger partial charge in [0.1, 0.15) is 5.75 Å². The number of phenols is 1. The molecule has 2 aromatic rings. The molecule has 8 nitrogen and oxygen atoms in total. The Balaban J connectivity index is 1.43. The Kier molecular flexibility index (Phi) is 7.65. The third-order valence-corrected chi connectivity index (χ3v) is 8.57. The van der Waals surface area contributed by atoms with Crippen molar-refractivity contribution in [3.63, 3.8) is 0 Å². The predicted octanol–water partition coefficient (Wildman–Crippen LogP) is 5.09. The quantitative estimate of drug-likeness (QED) is 0.303. The highest BCUT2D eigenvalue weighted by atomic mass is 16.5. The zero-order valence-electron chi connectivity index (χ0n) is 22.6. The summed E-state index contributed by atoms with van der Waals surface area (Å²) in [5.41, 5.74) is 4.29. The molecule has 5 rings (SSSR count). The second-order valence-electron chi connectivity index (χ2n) is 10.6. The molecule has 0 spiro atoms. The maximum Gasteiger partial charge on any atom is 0.455 e. The number of amides is 3. The zero-order chi connectivity index (χ0) is 27.8. The first kappa shape index (κ1) is 27.2. The molecular formula is C30H34BNO7. The number of likely N-dealkylation sites (tertiary alicyclic amines) is 1. The third-order valence-electron chi connectivity index (χ3n) is 8.57. The molecule has 2 N–H and O–H groups in total. The molecular weight excluding hydrogens is 497 g/mol. The van der Waals surface area contributed by atoms with Crippen molar-refractivity contribution >= 4 is 41.9 Å². The molecule has 3 aliphatic rings. The van der Waals surface area contributed by atoms with Gasteiger partial charge < -0.3 is 19.5 Å². The molecule has 4 atom stereocenters. The zero-order valence-corrected chi connectivity index (χ0v) is 22.6. The summed E-state index contributed by atoms with van der Waals surface area (Å²) in [6.45, 7) is 4.12. The van der Waals surface area contributed by atoms with Gasteiger partial charge in [-0.15, -0.1) is 0 Å². The molecule has 2 aromatic carbocycles. The van der Waals surface area contributed by atoms with Crippen molar-refractivity contribution in [3.8, 4) is 5.75 Å². The van der Waals surface area contributed by atoms with E-state index in [1.54, 1.807) is 6.07 Å². The molecule has 2 saturated heterocycles. The number of phenolic OH excluding ortho intramolecular Hbond substituents is 1. The second kappa shape index (κ2) is 11.0. The molecule has 0 bridgehead atoms. The lowest BCUT2D eigenvalue weighted by Crippen LogP contribution is -2.46. The number of methoxy groups -OCH3 is 1. The summed E-state index contributed by atoms with van der Waals surface area (Å²) >= 11 is 0. The van der Waals surface area contributed by atoms with Gasteiger partial charge in [0.15, 0.2) is 0 Å². The Hall–Kier alpha value is -3.43. The van der Waals surface area contributed by atoms with Crippen molar-refractivity contribution in [2.45, 2.75) is 58.4 Å². The van der Waals surface area contributed by atoms with E-state index in [2.05, 4.69) is 13.0 Å². The number of nitrogens with zero attached hydrogens (tertiary/aromatic N) is 1. The summed E-state index contributed by atoms with van der Waals surface area (Å²) in [6, 6.07) is 11.4. The van der Waals surface area contributed by atoms with E-state index < -0.39 is 43.0 Å². The molecule has 0 saturated carbocycles. The molecule has 0 radical (unpaired) electrons. The van der Waals surface area contributed by atoms with Crippen molar-refractivity contribution in [2.75, 3.05) is 7.11 Å². The minimum absolute atomic E-state index is 0.209. The summed E-state index contributed by atoms with van der Waals surface area (Å²) < 4.78 is 10.8. The van der Waals surface area contributed by atoms with Crippen molar-refractivity contribution in [1.82, 2.24) is 4.90 Å². The van der Waals surface area contributed by atoms with Crippen LogP contribution in [0.15, 0.2) is 53.1 Å². The number of benzene rings is 2. The molecule has 0 unspecified atom stereocenters. The molecule has 2 aliphatic heterocycles. The Morgan fingerprint density at radius 3 is 2.56 bits per heavy atom. The smallest absolute Gasteiger partial charge is 0.455 e. The Morgan fingerprint density at radius 1 is 1.13 bits per heavy atom. The average Bonchev–Trinajstić information content (AvgIpc) is 3.20. The number of allylic oxidation sites excluding steroid dienone is 2. The standard InChI is InChI=1S/C30H34BNO7/c1-4-17(14-19-11-12-24(33)21-9-7-6-8-20(19)21)10-13-25-26-18(5-2)15-22-27(23(26)16-31(37)39-25)29(35)32(28(22)34)30(36)38-3/h6-9,11-12,14,22-23,25,27,33,37H,4-5,10,13,15-16H2,1-3H3/b17-14+/t22-,23+,25-,27-/m1/s1. The van der Waals surface area contributed by atoms with Crippen LogP contribution in [0.4, 0.5) is 4.79 Å². The van der Waals surface area contributed by atoms with E-state index in [9.17, 15) is 24.5 Å². The van der Waals surface area contributed by atoms with Crippen LogP contribution < -0.4 is 0 Å². The van der Waals surface area contributed by atoms with Crippen LogP contribution in [0.3, 0.4) is 0 Å². The van der Waals surface area contributed by atoms with Gasteiger partial charge in [-0.2, -0.15) is 4.90 Å². The molecule has 2 heterocycles. The van der Waals surface area contributed by atoms with Crippen LogP contribution >= 0.6 is 0 Å². The van der Waals surface area contributed by atoms with Crippen molar-refractivity contribution in [2.24, 2.45) is 17.8 Å². The fraction of sp³-hybridized carbons (Fsp3) is 0.433. The first-order valence-electron chi connectivity index (χ1n) is 13.7. The lowest BCUT2D eigenvalue weighted by Gasteiger charge is -2.43. The summed E-state index contributed by atoms with van der Waals surface area (Å²) in [4.78, 5) is 39.2. The summed E-state index contributed by atoms with van der Waals surface area (Å²) in [7, 11) is 0.0887. The Bertz CT molecular complexity index is 1380. The van der Waals surface area contributed by atoms with Crippen LogP contribution in [-0.4, -0.2) is 53.3 Å². The first-order chi connectivity index (χ1) is 18.8. The van der Waals surface area contributed by atoms with Gasteiger partial charge in [-0.25, -0.2) is 4.79 Å². The summed E-state index contributed by atoms with van der Waals surface area (Å²) in [6.07, 6.45) is 4.25. The maximum atomic E-state index is 13.3. The largest absolute Gasteiger partial charge is 0.507 e. The average molecular weight is 531 g/mol. The third kappa shape index (κ3) is 4.78. The number of hydrogen-bond donors (Lipinski definition) is 2. The van der Waals surface area contributed by atoms with Crippen molar-refractivity contribution in [1.29, 1.82) is 0 Å². The molecule has 204 valence electrons. The number of imide groups is 3. The summed E-state index contributed by atoms with van der Waals surface area (Å²) in [5.74, 6) is -2.51. The summed E-state index contributed by atoms with van der Waals surface area (Å²) in [5, 5.41) is 22.7. The number of carbonyl (C=O) groups excluding carboxylic acids is 3. The molecule has 3 amide bonds. The number of aromatic hydroxyl groups is 1. The minimum Gasteiger partial charge on any atom is -0.507 e. The maximum absolute atomic E-state index is 13.3. The van der Waals surface area contributed by atoms with Gasteiger partial charge in [0.05, 0.1) is 25.0 Å². The molecule has 2 fully saturated rings. The molecule has 1 aliphatic carbocycles. The Morgan fingerprint density at radius 2 is 1.87 bits per heavy atom. The number of carbonyl (C=O) groups is 3. The highest BCUT2D eigenvalue weighted by Crippen LogP contribution is 2.51. The number of hydrogen-bond acceptors (Lipinski definition) is 7. The number of ether oxygens (including phenoxy) is 1. The SMILES string of the molecule is CCC1=C2[C@@H](CC/C(=C/c3ccc(O)c4ccccc34)CC)OB(O)C[C@@H]2[C@@H]2C(=O)N(C(=O)OC)C(=O)[C@@H]2C1. The van der Waals surface area contributed by atoms with Gasteiger partial charge in [0.2, 0.25) is 11.8 Å². The van der Waals surface area contributed by atoms with E-state index in [0.717, 1.165) is 41.0 Å². The number of rotatable bonds is 6. The highest BCUT2D eigenvalue weighted by Gasteiger charge is 2.58. The van der Waals surface area contributed by atoms with Crippen LogP contribution in [0.1, 0.15) is 51.5 Å². The fourth-order valence-corrected chi connectivity index (χ4v) is 6.69. The van der Waals surface area contributed by atoms with Crippen LogP contribution in [0, 0.1) is 17.8 Å². The van der Waals surface area contributed by atoms with E-state index in [-0.39, 0.29) is 18.0 Å². The second-order valence-corrected chi connectivity index (χ2v) is 10.6. The van der Waals surface area contributed by atoms with Crippen LogP contribution in [0.5, 0.6) is 5.75 Å². The van der Waals surface area contributed by atoms with Crippen molar-refractivity contribution < 1.29 is 33.9 Å². The van der Waals surface area contributed by atoms with E-state index in [1.807, 2.05) is 37.3 Å². The van der Waals surface area contributed by atoms with Crippen LogP contribution in [0.2, 0.25) is 6.32 Å². The normalized spacial score (nSPS) is 25.3. The van der Waals surface area contributed by atoms with Gasteiger partial charge in [-0.3, -0.25) is 9.59 Å². The van der Waals surface area contributed by atoms with E-state index in [0.29, 0.717) is 30.6 Å². The van der Waals surface area contributed by atoms with E-state index >= 15 is 0 Å². The van der Waals surface area contributed by atoms with Gasteiger partial charge >= 0.3 is 13.2 Å².